The molecule has 1 atom stereocenters. The molecule has 0 radical (unpaired) electrons. The lowest BCUT2D eigenvalue weighted by atomic mass is 10.1. The molecule has 1 amide bonds. The summed E-state index contributed by atoms with van der Waals surface area (Å²) >= 11 is 1.48. The molecular weight excluding hydrogens is 266 g/mol. The van der Waals surface area contributed by atoms with Gasteiger partial charge in [0.05, 0.1) is 19.1 Å². The Hall–Kier alpha value is -1.34. The van der Waals surface area contributed by atoms with E-state index in [9.17, 15) is 9.59 Å². The van der Waals surface area contributed by atoms with Gasteiger partial charge < -0.3 is 9.64 Å². The number of thioether (sulfide) groups is 1. The molecule has 7 heteroatoms. The van der Waals surface area contributed by atoms with Crippen LogP contribution in [-0.2, 0) is 16.1 Å². The fourth-order valence-electron chi connectivity index (χ4n) is 2.34. The molecular formula is C12H15N3O3S. The van der Waals surface area contributed by atoms with Crippen molar-refractivity contribution in [2.75, 3.05) is 32.1 Å². The Morgan fingerprint density at radius 1 is 1.42 bits per heavy atom. The summed E-state index contributed by atoms with van der Waals surface area (Å²) in [5, 5.41) is 0.707. The van der Waals surface area contributed by atoms with E-state index in [4.69, 9.17) is 4.74 Å². The Kier molecular flexibility index (Phi) is 3.56. The van der Waals surface area contributed by atoms with Crippen LogP contribution in [0.4, 0.5) is 0 Å². The van der Waals surface area contributed by atoms with Crippen molar-refractivity contribution in [1.29, 1.82) is 0 Å². The zero-order valence-corrected chi connectivity index (χ0v) is 11.3. The molecule has 0 N–H and O–H groups in total. The number of carbonyl (C=O) groups excluding carboxylic acids is 1. The molecule has 2 aliphatic rings. The van der Waals surface area contributed by atoms with Gasteiger partial charge in [-0.15, -0.1) is 0 Å². The van der Waals surface area contributed by atoms with Crippen molar-refractivity contribution >= 4 is 17.7 Å². The predicted molar refractivity (Wildman–Crippen MR) is 70.1 cm³/mol. The fraction of sp³-hybridized carbons (Fsp3) is 0.583. The highest BCUT2D eigenvalue weighted by atomic mass is 32.2. The van der Waals surface area contributed by atoms with Gasteiger partial charge in [0, 0.05) is 37.7 Å². The van der Waals surface area contributed by atoms with Crippen molar-refractivity contribution in [3.8, 4) is 0 Å². The molecule has 2 aliphatic heterocycles. The van der Waals surface area contributed by atoms with Crippen molar-refractivity contribution in [2.24, 2.45) is 5.92 Å². The monoisotopic (exact) mass is 281 g/mol. The van der Waals surface area contributed by atoms with Crippen molar-refractivity contribution in [1.82, 2.24) is 14.5 Å². The van der Waals surface area contributed by atoms with E-state index in [1.807, 2.05) is 4.90 Å². The van der Waals surface area contributed by atoms with Crippen LogP contribution in [0, 0.1) is 5.92 Å². The van der Waals surface area contributed by atoms with Crippen LogP contribution >= 0.6 is 11.8 Å². The van der Waals surface area contributed by atoms with E-state index in [2.05, 4.69) is 4.98 Å². The van der Waals surface area contributed by atoms with E-state index >= 15 is 0 Å². The Morgan fingerprint density at radius 3 is 3.00 bits per heavy atom. The molecule has 0 aromatic carbocycles. The van der Waals surface area contributed by atoms with Crippen molar-refractivity contribution in [3.05, 3.63) is 22.6 Å². The van der Waals surface area contributed by atoms with Gasteiger partial charge in [-0.2, -0.15) is 0 Å². The molecule has 1 saturated heterocycles. The van der Waals surface area contributed by atoms with Gasteiger partial charge in [-0.25, -0.2) is 4.98 Å². The Bertz CT molecular complexity index is 539. The van der Waals surface area contributed by atoms with Crippen LogP contribution in [0.2, 0.25) is 0 Å². The molecule has 0 bridgehead atoms. The zero-order chi connectivity index (χ0) is 13.2. The predicted octanol–water partition coefficient (Wildman–Crippen LogP) is -0.176. The number of rotatable bonds is 1. The van der Waals surface area contributed by atoms with Crippen LogP contribution in [0.5, 0.6) is 0 Å². The number of fused-ring (bicyclic) bond motifs is 1. The molecule has 0 aliphatic carbocycles. The van der Waals surface area contributed by atoms with E-state index in [-0.39, 0.29) is 17.4 Å². The first-order valence-electron chi connectivity index (χ1n) is 6.31. The first-order valence-corrected chi connectivity index (χ1v) is 7.29. The van der Waals surface area contributed by atoms with Gasteiger partial charge in [0.25, 0.3) is 5.56 Å². The van der Waals surface area contributed by atoms with Gasteiger partial charge in [0.1, 0.15) is 0 Å². The van der Waals surface area contributed by atoms with Crippen LogP contribution in [0.15, 0.2) is 22.2 Å². The van der Waals surface area contributed by atoms with E-state index in [1.165, 1.54) is 24.0 Å². The smallest absolute Gasteiger partial charge is 0.254 e. The number of carbonyl (C=O) groups is 1. The molecule has 19 heavy (non-hydrogen) atoms. The number of hydrogen-bond donors (Lipinski definition) is 0. The molecule has 1 aromatic rings. The summed E-state index contributed by atoms with van der Waals surface area (Å²) in [5.74, 6) is 0.668. The largest absolute Gasteiger partial charge is 0.378 e. The second-order valence-corrected chi connectivity index (χ2v) is 5.61. The number of morpholine rings is 1. The maximum absolute atomic E-state index is 12.4. The summed E-state index contributed by atoms with van der Waals surface area (Å²) in [7, 11) is 0. The van der Waals surface area contributed by atoms with Crippen molar-refractivity contribution in [3.63, 3.8) is 0 Å². The molecule has 1 aromatic heterocycles. The van der Waals surface area contributed by atoms with Gasteiger partial charge in [-0.05, 0) is 0 Å². The molecule has 1 fully saturated rings. The zero-order valence-electron chi connectivity index (χ0n) is 10.4. The molecule has 6 nitrogen and oxygen atoms in total. The first-order chi connectivity index (χ1) is 9.25. The summed E-state index contributed by atoms with van der Waals surface area (Å²) in [6, 6.07) is 1.44. The Labute approximate surface area is 114 Å². The summed E-state index contributed by atoms with van der Waals surface area (Å²) in [6.07, 6.45) is 1.52. The normalized spacial score (nSPS) is 22.9. The number of nitrogens with zero attached hydrogens (tertiary/aromatic N) is 3. The van der Waals surface area contributed by atoms with Crippen LogP contribution in [0.25, 0.3) is 0 Å². The Balaban J connectivity index is 1.76. The molecule has 0 saturated carbocycles. The SMILES string of the molecule is O=C(C1CSc2nccc(=O)n2C1)N1CCOCC1. The first kappa shape index (κ1) is 12.7. The van der Waals surface area contributed by atoms with Crippen LogP contribution in [0.3, 0.4) is 0 Å². The third kappa shape index (κ3) is 2.52. The van der Waals surface area contributed by atoms with Crippen LogP contribution < -0.4 is 5.56 Å². The Morgan fingerprint density at radius 2 is 2.21 bits per heavy atom. The quantitative estimate of drug-likeness (QED) is 0.668. The number of aromatic nitrogens is 2. The van der Waals surface area contributed by atoms with Gasteiger partial charge >= 0.3 is 0 Å². The van der Waals surface area contributed by atoms with Crippen molar-refractivity contribution in [2.45, 2.75) is 11.7 Å². The standard InChI is InChI=1S/C12H15N3O3S/c16-10-1-2-13-12-15(10)7-9(8-19-12)11(17)14-3-5-18-6-4-14/h1-2,9H,3-8H2. The highest BCUT2D eigenvalue weighted by Gasteiger charge is 2.30. The van der Waals surface area contributed by atoms with Gasteiger partial charge in [-0.3, -0.25) is 14.2 Å². The van der Waals surface area contributed by atoms with Crippen molar-refractivity contribution < 1.29 is 9.53 Å². The molecule has 3 rings (SSSR count). The number of hydrogen-bond acceptors (Lipinski definition) is 5. The topological polar surface area (TPSA) is 64.4 Å². The van der Waals surface area contributed by atoms with E-state index in [0.717, 1.165) is 0 Å². The van der Waals surface area contributed by atoms with E-state index < -0.39 is 0 Å². The summed E-state index contributed by atoms with van der Waals surface area (Å²) in [4.78, 5) is 30.2. The number of amides is 1. The fourth-order valence-corrected chi connectivity index (χ4v) is 3.40. The minimum atomic E-state index is -0.141. The second-order valence-electron chi connectivity index (χ2n) is 4.62. The van der Waals surface area contributed by atoms with E-state index in [1.54, 1.807) is 4.57 Å². The lowest BCUT2D eigenvalue weighted by Gasteiger charge is -2.32. The third-order valence-corrected chi connectivity index (χ3v) is 4.54. The average molecular weight is 281 g/mol. The van der Waals surface area contributed by atoms with Crippen LogP contribution in [-0.4, -0.2) is 52.4 Å². The second kappa shape index (κ2) is 5.34. The third-order valence-electron chi connectivity index (χ3n) is 3.39. The summed E-state index contributed by atoms with van der Waals surface area (Å²) in [5.41, 5.74) is -0.0861. The van der Waals surface area contributed by atoms with Gasteiger partial charge in [0.15, 0.2) is 5.16 Å². The minimum Gasteiger partial charge on any atom is -0.378 e. The number of ether oxygens (including phenoxy) is 1. The average Bonchev–Trinajstić information content (AvgIpc) is 2.47. The lowest BCUT2D eigenvalue weighted by molar-refractivity contribution is -0.139. The van der Waals surface area contributed by atoms with E-state index in [0.29, 0.717) is 43.8 Å². The molecule has 3 heterocycles. The van der Waals surface area contributed by atoms with Gasteiger partial charge in [0.2, 0.25) is 5.91 Å². The maximum Gasteiger partial charge on any atom is 0.254 e. The minimum absolute atomic E-state index is 0.0861. The summed E-state index contributed by atoms with van der Waals surface area (Å²) < 4.78 is 6.84. The van der Waals surface area contributed by atoms with Crippen LogP contribution in [0.1, 0.15) is 0 Å². The highest BCUT2D eigenvalue weighted by molar-refractivity contribution is 7.99. The molecule has 1 unspecified atom stereocenters. The maximum atomic E-state index is 12.4. The lowest BCUT2D eigenvalue weighted by Crippen LogP contribution is -2.46. The summed E-state index contributed by atoms with van der Waals surface area (Å²) in [6.45, 7) is 2.93. The van der Waals surface area contributed by atoms with Gasteiger partial charge in [-0.1, -0.05) is 11.8 Å². The highest BCUT2D eigenvalue weighted by Crippen LogP contribution is 2.25. The molecule has 0 spiro atoms. The molecule has 102 valence electrons.